The van der Waals surface area contributed by atoms with Crippen molar-refractivity contribution in [3.8, 4) is 23.1 Å². The molecule has 2 aromatic heterocycles. The van der Waals surface area contributed by atoms with E-state index in [1.807, 2.05) is 43.3 Å². The summed E-state index contributed by atoms with van der Waals surface area (Å²) in [6.45, 7) is 3.40. The second-order valence-corrected chi connectivity index (χ2v) is 8.78. The van der Waals surface area contributed by atoms with Crippen molar-refractivity contribution in [1.82, 2.24) is 20.1 Å². The minimum absolute atomic E-state index is 0.0620. The summed E-state index contributed by atoms with van der Waals surface area (Å²) >= 11 is 1.41. The summed E-state index contributed by atoms with van der Waals surface area (Å²) in [7, 11) is 0. The quantitative estimate of drug-likeness (QED) is 0.320. The zero-order valence-electron chi connectivity index (χ0n) is 18.9. The van der Waals surface area contributed by atoms with E-state index in [2.05, 4.69) is 20.1 Å². The maximum atomic E-state index is 12.4. The van der Waals surface area contributed by atoms with Crippen molar-refractivity contribution in [3.63, 3.8) is 0 Å². The average Bonchev–Trinajstić information content (AvgIpc) is 3.52. The molecule has 1 fully saturated rings. The van der Waals surface area contributed by atoms with E-state index in [0.29, 0.717) is 31.6 Å². The number of rotatable bonds is 11. The highest BCUT2D eigenvalue weighted by atomic mass is 32.2. The van der Waals surface area contributed by atoms with E-state index in [9.17, 15) is 4.79 Å². The van der Waals surface area contributed by atoms with Crippen molar-refractivity contribution in [3.05, 3.63) is 42.7 Å². The summed E-state index contributed by atoms with van der Waals surface area (Å²) in [6, 6.07) is 11.5. The molecule has 0 aliphatic heterocycles. The van der Waals surface area contributed by atoms with Gasteiger partial charge >= 0.3 is 0 Å². The van der Waals surface area contributed by atoms with Gasteiger partial charge in [0.1, 0.15) is 18.1 Å². The van der Waals surface area contributed by atoms with Crippen LogP contribution in [-0.4, -0.2) is 46.2 Å². The SMILES string of the molecule is CCOc1ccc(OCCNC(=O)CSc2nnc(-c3ccco3)n2C2CCCCC2)cc1. The number of ether oxygens (including phenoxy) is 2. The first-order chi connectivity index (χ1) is 16.2. The lowest BCUT2D eigenvalue weighted by molar-refractivity contribution is -0.118. The summed E-state index contributed by atoms with van der Waals surface area (Å²) in [5, 5.41) is 12.4. The van der Waals surface area contributed by atoms with Gasteiger partial charge in [0.15, 0.2) is 10.9 Å². The van der Waals surface area contributed by atoms with Crippen LogP contribution in [0.5, 0.6) is 11.5 Å². The number of hydrogen-bond donors (Lipinski definition) is 1. The highest BCUT2D eigenvalue weighted by Crippen LogP contribution is 2.35. The fraction of sp³-hybridized carbons (Fsp3) is 0.458. The number of furan rings is 1. The number of thioether (sulfide) groups is 1. The third kappa shape index (κ3) is 6.31. The van der Waals surface area contributed by atoms with Gasteiger partial charge in [-0.3, -0.25) is 9.36 Å². The molecule has 0 spiro atoms. The van der Waals surface area contributed by atoms with E-state index in [4.69, 9.17) is 13.9 Å². The second-order valence-electron chi connectivity index (χ2n) is 7.84. The van der Waals surface area contributed by atoms with Crippen LogP contribution >= 0.6 is 11.8 Å². The fourth-order valence-electron chi connectivity index (χ4n) is 3.96. The van der Waals surface area contributed by atoms with Crippen LogP contribution in [0.25, 0.3) is 11.6 Å². The van der Waals surface area contributed by atoms with Crippen molar-refractivity contribution < 1.29 is 18.7 Å². The third-order valence-corrected chi connectivity index (χ3v) is 6.45. The maximum Gasteiger partial charge on any atom is 0.230 e. The van der Waals surface area contributed by atoms with Crippen LogP contribution in [0.4, 0.5) is 0 Å². The molecular weight excluding hydrogens is 440 g/mol. The summed E-state index contributed by atoms with van der Waals surface area (Å²) in [6.07, 6.45) is 7.48. The number of carbonyl (C=O) groups excluding carboxylic acids is 1. The first-order valence-electron chi connectivity index (χ1n) is 11.5. The summed E-state index contributed by atoms with van der Waals surface area (Å²) < 4.78 is 18.8. The van der Waals surface area contributed by atoms with Crippen LogP contribution in [0.3, 0.4) is 0 Å². The minimum Gasteiger partial charge on any atom is -0.494 e. The van der Waals surface area contributed by atoms with Crippen molar-refractivity contribution in [2.75, 3.05) is 25.5 Å². The molecule has 1 aliphatic carbocycles. The first-order valence-corrected chi connectivity index (χ1v) is 12.5. The molecule has 3 aromatic rings. The molecule has 1 amide bonds. The lowest BCUT2D eigenvalue weighted by Crippen LogP contribution is -2.29. The van der Waals surface area contributed by atoms with Gasteiger partial charge in [0.25, 0.3) is 0 Å². The third-order valence-electron chi connectivity index (χ3n) is 5.51. The number of amides is 1. The molecule has 9 heteroatoms. The summed E-state index contributed by atoms with van der Waals surface area (Å²) in [5.74, 6) is 3.20. The molecule has 1 saturated carbocycles. The van der Waals surface area contributed by atoms with Gasteiger partial charge in [0, 0.05) is 6.04 Å². The molecule has 4 rings (SSSR count). The van der Waals surface area contributed by atoms with E-state index in [0.717, 1.165) is 35.3 Å². The van der Waals surface area contributed by atoms with Crippen LogP contribution < -0.4 is 14.8 Å². The Morgan fingerprint density at radius 3 is 2.58 bits per heavy atom. The van der Waals surface area contributed by atoms with E-state index in [1.165, 1.54) is 31.0 Å². The standard InChI is InChI=1S/C24H30N4O4S/c1-2-30-19-10-12-20(13-11-19)31-16-14-25-22(29)17-33-24-27-26-23(21-9-6-15-32-21)28(24)18-7-4-3-5-8-18/h6,9-13,15,18H,2-5,7-8,14,16-17H2,1H3,(H,25,29). The van der Waals surface area contributed by atoms with Gasteiger partial charge in [-0.2, -0.15) is 0 Å². The summed E-state index contributed by atoms with van der Waals surface area (Å²) in [4.78, 5) is 12.4. The minimum atomic E-state index is -0.0620. The van der Waals surface area contributed by atoms with Crippen LogP contribution in [0.1, 0.15) is 45.1 Å². The molecule has 176 valence electrons. The van der Waals surface area contributed by atoms with Gasteiger partial charge < -0.3 is 19.2 Å². The Morgan fingerprint density at radius 2 is 1.88 bits per heavy atom. The Labute approximate surface area is 198 Å². The normalized spacial score (nSPS) is 14.2. The maximum absolute atomic E-state index is 12.4. The number of aromatic nitrogens is 3. The highest BCUT2D eigenvalue weighted by Gasteiger charge is 2.25. The number of nitrogens with zero attached hydrogens (tertiary/aromatic N) is 3. The molecule has 1 aromatic carbocycles. The second kappa shape index (κ2) is 11.8. The molecular formula is C24H30N4O4S. The Morgan fingerprint density at radius 1 is 1.12 bits per heavy atom. The van der Waals surface area contributed by atoms with Gasteiger partial charge in [0.2, 0.25) is 11.7 Å². The molecule has 0 unspecified atom stereocenters. The zero-order valence-corrected chi connectivity index (χ0v) is 19.7. The topological polar surface area (TPSA) is 91.4 Å². The number of nitrogens with one attached hydrogen (secondary N) is 1. The zero-order chi connectivity index (χ0) is 22.9. The summed E-state index contributed by atoms with van der Waals surface area (Å²) in [5.41, 5.74) is 0. The molecule has 0 atom stereocenters. The van der Waals surface area contributed by atoms with Crippen molar-refractivity contribution in [2.45, 2.75) is 50.2 Å². The first kappa shape index (κ1) is 23.2. The number of hydrogen-bond acceptors (Lipinski definition) is 7. The fourth-order valence-corrected chi connectivity index (χ4v) is 4.79. The predicted octanol–water partition coefficient (Wildman–Crippen LogP) is 4.73. The monoisotopic (exact) mass is 470 g/mol. The Hall–Kier alpha value is -2.94. The van der Waals surface area contributed by atoms with Crippen LogP contribution in [0, 0.1) is 0 Å². The Bertz CT molecular complexity index is 998. The van der Waals surface area contributed by atoms with E-state index < -0.39 is 0 Å². The van der Waals surface area contributed by atoms with Gasteiger partial charge in [-0.05, 0) is 56.2 Å². The van der Waals surface area contributed by atoms with Gasteiger partial charge in [-0.1, -0.05) is 31.0 Å². The van der Waals surface area contributed by atoms with Crippen LogP contribution in [0.2, 0.25) is 0 Å². The average molecular weight is 471 g/mol. The van der Waals surface area contributed by atoms with E-state index in [1.54, 1.807) is 6.26 Å². The van der Waals surface area contributed by atoms with Gasteiger partial charge in [-0.25, -0.2) is 0 Å². The van der Waals surface area contributed by atoms with Crippen LogP contribution in [-0.2, 0) is 4.79 Å². The molecule has 8 nitrogen and oxygen atoms in total. The largest absolute Gasteiger partial charge is 0.494 e. The molecule has 0 bridgehead atoms. The van der Waals surface area contributed by atoms with Crippen molar-refractivity contribution in [1.29, 1.82) is 0 Å². The predicted molar refractivity (Wildman–Crippen MR) is 127 cm³/mol. The van der Waals surface area contributed by atoms with E-state index >= 15 is 0 Å². The Balaban J connectivity index is 1.27. The van der Waals surface area contributed by atoms with E-state index in [-0.39, 0.29) is 11.7 Å². The van der Waals surface area contributed by atoms with Gasteiger partial charge in [-0.15, -0.1) is 10.2 Å². The molecule has 0 saturated heterocycles. The number of benzene rings is 1. The molecule has 33 heavy (non-hydrogen) atoms. The molecule has 1 N–H and O–H groups in total. The smallest absolute Gasteiger partial charge is 0.230 e. The molecule has 1 aliphatic rings. The Kier molecular flexibility index (Phi) is 8.30. The van der Waals surface area contributed by atoms with Crippen molar-refractivity contribution in [2.24, 2.45) is 0 Å². The molecule has 2 heterocycles. The van der Waals surface area contributed by atoms with Crippen LogP contribution in [0.15, 0.2) is 52.2 Å². The number of carbonyl (C=O) groups is 1. The lowest BCUT2D eigenvalue weighted by atomic mass is 9.95. The highest BCUT2D eigenvalue weighted by molar-refractivity contribution is 7.99. The van der Waals surface area contributed by atoms with Crippen molar-refractivity contribution >= 4 is 17.7 Å². The lowest BCUT2D eigenvalue weighted by Gasteiger charge is -2.25. The van der Waals surface area contributed by atoms with Gasteiger partial charge in [0.05, 0.1) is 25.2 Å². The molecule has 0 radical (unpaired) electrons.